The summed E-state index contributed by atoms with van der Waals surface area (Å²) < 4.78 is 36.4. The molecule has 0 radical (unpaired) electrons. The molecule has 0 aliphatic heterocycles. The van der Waals surface area contributed by atoms with E-state index in [0.717, 1.165) is 0 Å². The molecule has 10 nitrogen and oxygen atoms in total. The van der Waals surface area contributed by atoms with Crippen LogP contribution >= 0.6 is 23.5 Å². The van der Waals surface area contributed by atoms with Crippen molar-refractivity contribution in [2.75, 3.05) is 0 Å². The SMILES string of the molecule is O=P(O)(O)OP(=O)(O)OP(=O)(O)O.[Zn].[Zn].[Zn].[Zn]. The summed E-state index contributed by atoms with van der Waals surface area (Å²) in [4.78, 5) is 40.2. The molecule has 0 spiro atoms. The fraction of sp³-hybridized carbons (Fsp3) is 0. The molecule has 17 heavy (non-hydrogen) atoms. The van der Waals surface area contributed by atoms with Gasteiger partial charge in [0.1, 0.15) is 0 Å². The molecule has 0 heterocycles. The van der Waals surface area contributed by atoms with E-state index in [-0.39, 0.29) is 77.9 Å². The van der Waals surface area contributed by atoms with Crippen LogP contribution in [-0.4, -0.2) is 24.5 Å². The molecule has 5 N–H and O–H groups in total. The monoisotopic (exact) mass is 514 g/mol. The van der Waals surface area contributed by atoms with E-state index < -0.39 is 23.5 Å². The van der Waals surface area contributed by atoms with Crippen molar-refractivity contribution in [3.63, 3.8) is 0 Å². The Morgan fingerprint density at radius 1 is 0.588 bits per heavy atom. The van der Waals surface area contributed by atoms with Crippen molar-refractivity contribution in [1.29, 1.82) is 0 Å². The summed E-state index contributed by atoms with van der Waals surface area (Å²) in [6.07, 6.45) is 0. The van der Waals surface area contributed by atoms with Crippen LogP contribution in [0.5, 0.6) is 0 Å². The summed E-state index contributed by atoms with van der Waals surface area (Å²) in [6, 6.07) is 0. The van der Waals surface area contributed by atoms with Gasteiger partial charge in [-0.15, -0.1) is 0 Å². The van der Waals surface area contributed by atoms with Crippen molar-refractivity contribution < 1.29 is 125 Å². The third-order valence-electron chi connectivity index (χ3n) is 0.419. The third kappa shape index (κ3) is 24.3. The first kappa shape index (κ1) is 32.0. The van der Waals surface area contributed by atoms with Gasteiger partial charge in [0.05, 0.1) is 0 Å². The Hall–Kier alpha value is 2.90. The van der Waals surface area contributed by atoms with Gasteiger partial charge in [0, 0.05) is 77.9 Å². The van der Waals surface area contributed by atoms with Crippen LogP contribution < -0.4 is 0 Å². The second-order valence-corrected chi connectivity index (χ2v) is 5.82. The zero-order chi connectivity index (χ0) is 10.9. The van der Waals surface area contributed by atoms with Crippen molar-refractivity contribution in [1.82, 2.24) is 0 Å². The summed E-state index contributed by atoms with van der Waals surface area (Å²) in [5.41, 5.74) is 0. The number of hydrogen-bond acceptors (Lipinski definition) is 5. The van der Waals surface area contributed by atoms with Crippen LogP contribution in [0.1, 0.15) is 0 Å². The summed E-state index contributed by atoms with van der Waals surface area (Å²) in [5, 5.41) is 0. The van der Waals surface area contributed by atoms with Gasteiger partial charge in [-0.1, -0.05) is 0 Å². The normalized spacial score (nSPS) is 11.1. The molecular weight excluding hydrogens is 514 g/mol. The van der Waals surface area contributed by atoms with E-state index in [1.807, 2.05) is 0 Å². The van der Waals surface area contributed by atoms with Crippen molar-refractivity contribution in [2.45, 2.75) is 0 Å². The van der Waals surface area contributed by atoms with Crippen molar-refractivity contribution in [2.24, 2.45) is 0 Å². The van der Waals surface area contributed by atoms with Crippen LogP contribution in [0.25, 0.3) is 0 Å². The predicted molar refractivity (Wildman–Crippen MR) is 36.1 cm³/mol. The topological polar surface area (TPSA) is 171 Å². The van der Waals surface area contributed by atoms with Gasteiger partial charge in [-0.25, -0.2) is 13.7 Å². The molecule has 0 bridgehead atoms. The van der Waals surface area contributed by atoms with E-state index in [0.29, 0.717) is 0 Å². The van der Waals surface area contributed by atoms with Crippen molar-refractivity contribution in [3.05, 3.63) is 0 Å². The Kier molecular flexibility index (Phi) is 21.8. The molecule has 0 unspecified atom stereocenters. The molecule has 0 rings (SSSR count). The molecule has 88 valence electrons. The van der Waals surface area contributed by atoms with Crippen LogP contribution in [0, 0.1) is 0 Å². The molecule has 0 amide bonds. The largest absolute Gasteiger partial charge is 0.490 e. The Bertz CT molecular complexity index is 286. The summed E-state index contributed by atoms with van der Waals surface area (Å²) in [6.45, 7) is 0. The van der Waals surface area contributed by atoms with E-state index >= 15 is 0 Å². The first-order valence-electron chi connectivity index (χ1n) is 2.28. The minimum atomic E-state index is -5.46. The Labute approximate surface area is 147 Å². The van der Waals surface area contributed by atoms with Gasteiger partial charge in [-0.3, -0.25) is 0 Å². The maximum Gasteiger partial charge on any atom is 0.490 e. The maximum absolute atomic E-state index is 10.4. The van der Waals surface area contributed by atoms with Gasteiger partial charge in [-0.2, -0.15) is 8.62 Å². The molecule has 0 aliphatic carbocycles. The fourth-order valence-electron chi connectivity index (χ4n) is 0.284. The van der Waals surface area contributed by atoms with E-state index in [9.17, 15) is 13.7 Å². The van der Waals surface area contributed by atoms with Crippen LogP contribution in [0.3, 0.4) is 0 Å². The first-order chi connectivity index (χ1) is 5.41. The van der Waals surface area contributed by atoms with Gasteiger partial charge in [-0.05, 0) is 0 Å². The molecule has 0 atom stereocenters. The van der Waals surface area contributed by atoms with Crippen LogP contribution in [0.2, 0.25) is 0 Å². The average molecular weight is 520 g/mol. The minimum absolute atomic E-state index is 0. The summed E-state index contributed by atoms with van der Waals surface area (Å²) >= 11 is 0. The Morgan fingerprint density at radius 2 is 0.765 bits per heavy atom. The van der Waals surface area contributed by atoms with Crippen molar-refractivity contribution in [3.8, 4) is 0 Å². The molecule has 0 aliphatic rings. The zero-order valence-electron chi connectivity index (χ0n) is 8.45. The van der Waals surface area contributed by atoms with Gasteiger partial charge >= 0.3 is 23.5 Å². The molecule has 0 aromatic heterocycles. The van der Waals surface area contributed by atoms with Crippen molar-refractivity contribution >= 4 is 23.5 Å². The van der Waals surface area contributed by atoms with Crippen LogP contribution in [0.15, 0.2) is 0 Å². The molecule has 0 aromatic carbocycles. The second-order valence-electron chi connectivity index (χ2n) is 1.61. The molecule has 0 saturated heterocycles. The van der Waals surface area contributed by atoms with E-state index in [4.69, 9.17) is 24.5 Å². The van der Waals surface area contributed by atoms with Crippen LogP contribution in [0.4, 0.5) is 0 Å². The quantitative estimate of drug-likeness (QED) is 0.236. The molecule has 0 fully saturated rings. The second kappa shape index (κ2) is 11.6. The van der Waals surface area contributed by atoms with Crippen LogP contribution in [-0.2, 0) is 100 Å². The molecular formula is H5O10P3Zn4. The number of hydrogen-bond donors (Lipinski definition) is 5. The van der Waals surface area contributed by atoms with Gasteiger partial charge < -0.3 is 24.5 Å². The number of phosphoric acid groups is 3. The smallest absolute Gasteiger partial charge is 0.302 e. The fourth-order valence-corrected chi connectivity index (χ4v) is 2.82. The Balaban J connectivity index is -0.000000120. The van der Waals surface area contributed by atoms with E-state index in [1.54, 1.807) is 0 Å². The molecule has 17 heteroatoms. The zero-order valence-corrected chi connectivity index (χ0v) is 23.0. The summed E-state index contributed by atoms with van der Waals surface area (Å²) in [5.74, 6) is 0. The minimum Gasteiger partial charge on any atom is -0.302 e. The van der Waals surface area contributed by atoms with Gasteiger partial charge in [0.25, 0.3) is 0 Å². The van der Waals surface area contributed by atoms with Gasteiger partial charge in [0.2, 0.25) is 0 Å². The maximum atomic E-state index is 10.4. The third-order valence-corrected chi connectivity index (χ3v) is 3.77. The molecule has 0 aromatic rings. The number of rotatable bonds is 4. The predicted octanol–water partition coefficient (Wildman–Crippen LogP) is -0.705. The summed E-state index contributed by atoms with van der Waals surface area (Å²) in [7, 11) is -16.2. The standard InChI is InChI=1S/H5O10P3.4Zn/c1-11(2,3)9-13(7,8)10-12(4,5)6;;;;/h(H,7,8)(H2,1,2,3)(H2,4,5,6);;;;. The van der Waals surface area contributed by atoms with Gasteiger partial charge in [0.15, 0.2) is 0 Å². The Morgan fingerprint density at radius 3 is 0.882 bits per heavy atom. The molecule has 0 saturated carbocycles. The van der Waals surface area contributed by atoms with E-state index in [1.165, 1.54) is 0 Å². The first-order valence-corrected chi connectivity index (χ1v) is 6.83. The van der Waals surface area contributed by atoms with E-state index in [2.05, 4.69) is 8.62 Å². The average Bonchev–Trinajstić information content (AvgIpc) is 1.43.